The summed E-state index contributed by atoms with van der Waals surface area (Å²) >= 11 is -3.35. The Balaban J connectivity index is 2.59. The van der Waals surface area contributed by atoms with Gasteiger partial charge in [-0.05, 0) is 0 Å². The van der Waals surface area contributed by atoms with E-state index in [-0.39, 0.29) is 0 Å². The molecule has 59 valence electrons. The number of hydrogen-bond donors (Lipinski definition) is 0. The average molecular weight is 195 g/mol. The fraction of sp³-hybridized carbons (Fsp3) is 0.111. The molecule has 0 unspecified atom stereocenters. The molecule has 12 heavy (non-hydrogen) atoms. The van der Waals surface area contributed by atoms with E-state index >= 15 is 0 Å². The molecule has 0 saturated heterocycles. The number of hydrogen-bond acceptors (Lipinski definition) is 2. The molecule has 1 aliphatic carbocycles. The third-order valence-corrected chi connectivity index (χ3v) is 3.48. The molecule has 0 saturated carbocycles. The van der Waals surface area contributed by atoms with E-state index < -0.39 is 17.8 Å². The summed E-state index contributed by atoms with van der Waals surface area (Å²) in [6.07, 6.45) is 2.58. The molecule has 0 aliphatic heterocycles. The predicted molar refractivity (Wildman–Crippen MR) is 39.5 cm³/mol. The van der Waals surface area contributed by atoms with Crippen molar-refractivity contribution in [3.05, 3.63) is 41.5 Å². The molecule has 0 spiro atoms. The second-order valence-electron chi connectivity index (χ2n) is 2.77. The first-order valence-electron chi connectivity index (χ1n) is 3.79. The molecule has 1 aromatic rings. The average Bonchev–Trinajstić information content (AvgIpc) is 2.47. The van der Waals surface area contributed by atoms with Gasteiger partial charge in [-0.1, -0.05) is 0 Å². The zero-order valence-electron chi connectivity index (χ0n) is 6.41. The summed E-state index contributed by atoms with van der Waals surface area (Å²) in [7, 11) is 0. The molecule has 3 heteroatoms. The van der Waals surface area contributed by atoms with Gasteiger partial charge in [-0.2, -0.15) is 0 Å². The molecule has 0 N–H and O–H groups in total. The van der Waals surface area contributed by atoms with Crippen LogP contribution < -0.4 is 0 Å². The molecule has 0 heterocycles. The van der Waals surface area contributed by atoms with Gasteiger partial charge in [0.25, 0.3) is 0 Å². The Labute approximate surface area is 76.4 Å². The van der Waals surface area contributed by atoms with Crippen LogP contribution in [0.1, 0.15) is 11.1 Å². The second-order valence-corrected chi connectivity index (χ2v) is 4.51. The fourth-order valence-electron chi connectivity index (χ4n) is 1.48. The minimum atomic E-state index is -3.35. The van der Waals surface area contributed by atoms with Crippen LogP contribution >= 0.6 is 0 Å². The van der Waals surface area contributed by atoms with Crippen LogP contribution in [0.4, 0.5) is 0 Å². The van der Waals surface area contributed by atoms with Gasteiger partial charge in [-0.25, -0.2) is 0 Å². The maximum absolute atomic E-state index is 10.8. The summed E-state index contributed by atoms with van der Waals surface area (Å²) in [5.74, 6) is 0. The number of benzene rings is 1. The summed E-state index contributed by atoms with van der Waals surface area (Å²) < 4.78 is 22.2. The van der Waals surface area contributed by atoms with E-state index in [1.54, 1.807) is 6.08 Å². The van der Waals surface area contributed by atoms with Crippen molar-refractivity contribution in [2.45, 2.75) is 6.42 Å². The summed E-state index contributed by atoms with van der Waals surface area (Å²) in [6.45, 7) is 0. The molecule has 0 radical (unpaired) electrons. The molecule has 0 fully saturated rings. The first-order chi connectivity index (χ1) is 5.79. The van der Waals surface area contributed by atoms with Gasteiger partial charge in [0.05, 0.1) is 0 Å². The molecule has 1 aromatic carbocycles. The van der Waals surface area contributed by atoms with Gasteiger partial charge >= 0.3 is 76.2 Å². The first kappa shape index (κ1) is 7.90. The van der Waals surface area contributed by atoms with Crippen LogP contribution in [0.15, 0.2) is 30.3 Å². The van der Waals surface area contributed by atoms with Crippen LogP contribution in [-0.2, 0) is 30.9 Å². The quantitative estimate of drug-likeness (QED) is 0.641. The first-order valence-corrected chi connectivity index (χ1v) is 5.84. The van der Waals surface area contributed by atoms with Gasteiger partial charge in [-0.15, -0.1) is 0 Å². The monoisotopic (exact) mass is 195 g/mol. The van der Waals surface area contributed by atoms with Crippen LogP contribution in [0, 0.1) is 0 Å². The van der Waals surface area contributed by atoms with E-state index in [4.69, 9.17) is 0 Å². The van der Waals surface area contributed by atoms with E-state index in [0.717, 1.165) is 17.5 Å². The van der Waals surface area contributed by atoms with Gasteiger partial charge in [0.1, 0.15) is 0 Å². The normalized spacial score (nSPS) is 13.8. The van der Waals surface area contributed by atoms with Crippen molar-refractivity contribution < 1.29 is 24.5 Å². The Bertz CT molecular complexity index is 408. The van der Waals surface area contributed by atoms with E-state index in [0.29, 0.717) is 3.88 Å². The third kappa shape index (κ3) is 1.17. The number of fused-ring (bicyclic) bond motifs is 1. The Morgan fingerprint density at radius 1 is 1.17 bits per heavy atom. The summed E-state index contributed by atoms with van der Waals surface area (Å²) in [6, 6.07) is 7.65. The molecule has 2 nitrogen and oxygen atoms in total. The van der Waals surface area contributed by atoms with Gasteiger partial charge in [0.2, 0.25) is 0 Å². The topological polar surface area (TPSA) is 34.1 Å². The van der Waals surface area contributed by atoms with Gasteiger partial charge in [0, 0.05) is 0 Å². The molecule has 0 amide bonds. The maximum atomic E-state index is 10.8. The van der Waals surface area contributed by atoms with Crippen molar-refractivity contribution in [1.82, 2.24) is 0 Å². The number of allylic oxidation sites excluding steroid dienone is 1. The molecule has 0 atom stereocenters. The van der Waals surface area contributed by atoms with Crippen molar-refractivity contribution in [2.24, 2.45) is 0 Å². The van der Waals surface area contributed by atoms with E-state index in [2.05, 4.69) is 0 Å². The van der Waals surface area contributed by atoms with E-state index in [1.807, 2.05) is 24.3 Å². The van der Waals surface area contributed by atoms with Crippen molar-refractivity contribution in [3.8, 4) is 0 Å². The fourth-order valence-corrected chi connectivity index (χ4v) is 2.62. The van der Waals surface area contributed by atoms with Crippen LogP contribution in [0.5, 0.6) is 0 Å². The van der Waals surface area contributed by atoms with Crippen molar-refractivity contribution >= 4 is 3.88 Å². The van der Waals surface area contributed by atoms with Gasteiger partial charge in [0.15, 0.2) is 0 Å². The SMILES string of the molecule is [O]=[Ti](=[O])[C]1=CCc2ccccc21. The Kier molecular flexibility index (Phi) is 1.95. The summed E-state index contributed by atoms with van der Waals surface area (Å²) in [5, 5.41) is 0. The molecule has 0 aromatic heterocycles. The summed E-state index contributed by atoms with van der Waals surface area (Å²) in [5.41, 5.74) is 2.04. The van der Waals surface area contributed by atoms with E-state index in [1.165, 1.54) is 0 Å². The Morgan fingerprint density at radius 2 is 1.92 bits per heavy atom. The van der Waals surface area contributed by atoms with Crippen LogP contribution in [0.2, 0.25) is 0 Å². The molecule has 1 aliphatic rings. The van der Waals surface area contributed by atoms with E-state index in [9.17, 15) is 6.65 Å². The van der Waals surface area contributed by atoms with Gasteiger partial charge < -0.3 is 0 Å². The second kappa shape index (κ2) is 2.96. The van der Waals surface area contributed by atoms with Crippen LogP contribution in [0.3, 0.4) is 0 Å². The predicted octanol–water partition coefficient (Wildman–Crippen LogP) is 1.89. The Hall–Kier alpha value is -0.726. The molecule has 2 rings (SSSR count). The van der Waals surface area contributed by atoms with Crippen LogP contribution in [0.25, 0.3) is 3.88 Å². The molecule has 0 bridgehead atoms. The zero-order valence-corrected chi connectivity index (χ0v) is 7.97. The van der Waals surface area contributed by atoms with Crippen molar-refractivity contribution in [3.63, 3.8) is 0 Å². The van der Waals surface area contributed by atoms with Crippen molar-refractivity contribution in [1.29, 1.82) is 0 Å². The summed E-state index contributed by atoms with van der Waals surface area (Å²) in [4.78, 5) is 0. The third-order valence-electron chi connectivity index (χ3n) is 2.05. The van der Waals surface area contributed by atoms with Crippen LogP contribution in [-0.4, -0.2) is 0 Å². The number of rotatable bonds is 1. The van der Waals surface area contributed by atoms with Crippen molar-refractivity contribution in [2.75, 3.05) is 0 Å². The minimum absolute atomic E-state index is 0.575. The molecular formula is C9H7O2Ti. The zero-order chi connectivity index (χ0) is 8.55. The Morgan fingerprint density at radius 3 is 2.67 bits per heavy atom. The standard InChI is InChI=1S/C9H7.2O.Ti/c1-2-5-9-7-3-6-8(9)4-1;;;/h1-5H,6H2;;;. The van der Waals surface area contributed by atoms with Gasteiger partial charge in [-0.3, -0.25) is 0 Å². The molecular weight excluding hydrogens is 188 g/mol.